The molecule has 132 valence electrons. The summed E-state index contributed by atoms with van der Waals surface area (Å²) >= 11 is 5.90. The van der Waals surface area contributed by atoms with Gasteiger partial charge in [-0.05, 0) is 35.7 Å². The maximum Gasteiger partial charge on any atom is 0.191 e. The van der Waals surface area contributed by atoms with Gasteiger partial charge in [-0.25, -0.2) is 0 Å². The van der Waals surface area contributed by atoms with Crippen molar-refractivity contribution in [2.75, 3.05) is 13.6 Å². The first-order valence-corrected chi connectivity index (χ1v) is 8.38. The van der Waals surface area contributed by atoms with Crippen LogP contribution < -0.4 is 10.6 Å². The number of para-hydroxylation sites is 1. The number of H-pyrrole nitrogens is 1. The number of aliphatic imine (C=N–C) groups is 1. The Labute approximate surface area is 170 Å². The molecule has 0 atom stereocenters. The van der Waals surface area contributed by atoms with Crippen LogP contribution in [0.5, 0.6) is 0 Å². The Morgan fingerprint density at radius 3 is 2.60 bits per heavy atom. The summed E-state index contributed by atoms with van der Waals surface area (Å²) in [7, 11) is 1.78. The molecule has 0 amide bonds. The van der Waals surface area contributed by atoms with Gasteiger partial charge in [-0.3, -0.25) is 4.99 Å². The van der Waals surface area contributed by atoms with Gasteiger partial charge in [-0.1, -0.05) is 41.9 Å². The van der Waals surface area contributed by atoms with Gasteiger partial charge in [0.25, 0.3) is 0 Å². The third kappa shape index (κ3) is 5.37. The molecular formula is C19H22ClIN4. The fraction of sp³-hybridized carbons (Fsp3) is 0.211. The highest BCUT2D eigenvalue weighted by molar-refractivity contribution is 14.0. The molecule has 0 aliphatic rings. The zero-order valence-corrected chi connectivity index (χ0v) is 17.1. The van der Waals surface area contributed by atoms with Crippen LogP contribution in [0.3, 0.4) is 0 Å². The lowest BCUT2D eigenvalue weighted by atomic mass is 10.1. The van der Waals surface area contributed by atoms with Crippen molar-refractivity contribution in [3.8, 4) is 0 Å². The molecule has 0 fully saturated rings. The van der Waals surface area contributed by atoms with Crippen molar-refractivity contribution in [3.05, 3.63) is 70.9 Å². The minimum Gasteiger partial charge on any atom is -0.361 e. The number of hydrogen-bond acceptors (Lipinski definition) is 1. The molecule has 0 bridgehead atoms. The highest BCUT2D eigenvalue weighted by Gasteiger charge is 2.03. The summed E-state index contributed by atoms with van der Waals surface area (Å²) in [4.78, 5) is 7.57. The molecule has 3 N–H and O–H groups in total. The van der Waals surface area contributed by atoms with Crippen molar-refractivity contribution in [1.29, 1.82) is 0 Å². The maximum absolute atomic E-state index is 5.90. The number of halogens is 2. The Kier molecular flexibility index (Phi) is 7.58. The number of hydrogen-bond donors (Lipinski definition) is 3. The number of rotatable bonds is 5. The average Bonchev–Trinajstić information content (AvgIpc) is 3.02. The fourth-order valence-corrected chi connectivity index (χ4v) is 2.79. The van der Waals surface area contributed by atoms with Crippen LogP contribution in [0.1, 0.15) is 11.1 Å². The first-order valence-electron chi connectivity index (χ1n) is 8.00. The molecule has 3 rings (SSSR count). The van der Waals surface area contributed by atoms with Crippen molar-refractivity contribution < 1.29 is 0 Å². The van der Waals surface area contributed by atoms with Gasteiger partial charge in [-0.2, -0.15) is 0 Å². The summed E-state index contributed by atoms with van der Waals surface area (Å²) in [6, 6.07) is 16.2. The molecule has 1 aromatic heterocycles. The van der Waals surface area contributed by atoms with Crippen LogP contribution >= 0.6 is 35.6 Å². The van der Waals surface area contributed by atoms with Crippen LogP contribution in [-0.2, 0) is 13.0 Å². The Balaban J connectivity index is 0.00000225. The second kappa shape index (κ2) is 9.68. The van der Waals surface area contributed by atoms with Gasteiger partial charge in [0.05, 0.1) is 0 Å². The number of nitrogens with one attached hydrogen (secondary N) is 3. The van der Waals surface area contributed by atoms with Crippen molar-refractivity contribution in [2.45, 2.75) is 13.0 Å². The molecule has 25 heavy (non-hydrogen) atoms. The van der Waals surface area contributed by atoms with Crippen molar-refractivity contribution in [1.82, 2.24) is 15.6 Å². The monoisotopic (exact) mass is 468 g/mol. The Morgan fingerprint density at radius 2 is 1.84 bits per heavy atom. The van der Waals surface area contributed by atoms with E-state index < -0.39 is 0 Å². The molecule has 1 heterocycles. The van der Waals surface area contributed by atoms with Crippen LogP contribution in [0.15, 0.2) is 59.7 Å². The predicted octanol–water partition coefficient (Wildman–Crippen LogP) is 4.35. The van der Waals surface area contributed by atoms with E-state index in [0.29, 0.717) is 6.54 Å². The summed E-state index contributed by atoms with van der Waals surface area (Å²) < 4.78 is 0. The lowest BCUT2D eigenvalue weighted by molar-refractivity contribution is 0.796. The van der Waals surface area contributed by atoms with Crippen LogP contribution in [0.4, 0.5) is 0 Å². The summed E-state index contributed by atoms with van der Waals surface area (Å²) in [5.74, 6) is 0.796. The molecule has 2 aromatic carbocycles. The number of nitrogens with zero attached hydrogens (tertiary/aromatic N) is 1. The molecule has 0 spiro atoms. The Bertz CT molecular complexity index is 827. The molecule has 0 unspecified atom stereocenters. The molecule has 6 heteroatoms. The normalized spacial score (nSPS) is 11.2. The van der Waals surface area contributed by atoms with Gasteiger partial charge in [-0.15, -0.1) is 24.0 Å². The predicted molar refractivity (Wildman–Crippen MR) is 117 cm³/mol. The molecule has 3 aromatic rings. The van der Waals surface area contributed by atoms with E-state index in [-0.39, 0.29) is 24.0 Å². The molecule has 0 saturated carbocycles. The smallest absolute Gasteiger partial charge is 0.191 e. The van der Waals surface area contributed by atoms with Crippen molar-refractivity contribution in [3.63, 3.8) is 0 Å². The van der Waals surface area contributed by atoms with E-state index in [9.17, 15) is 0 Å². The third-order valence-corrected chi connectivity index (χ3v) is 4.21. The van der Waals surface area contributed by atoms with Crippen molar-refractivity contribution >= 4 is 52.4 Å². The lowest BCUT2D eigenvalue weighted by Gasteiger charge is -2.12. The summed E-state index contributed by atoms with van der Waals surface area (Å²) in [5.41, 5.74) is 3.66. The number of benzene rings is 2. The summed E-state index contributed by atoms with van der Waals surface area (Å²) in [6.07, 6.45) is 3.02. The van der Waals surface area contributed by atoms with E-state index in [4.69, 9.17) is 11.6 Å². The van der Waals surface area contributed by atoms with E-state index in [1.165, 1.54) is 22.0 Å². The number of guanidine groups is 1. The van der Waals surface area contributed by atoms with E-state index in [1.54, 1.807) is 7.05 Å². The van der Waals surface area contributed by atoms with Gasteiger partial charge >= 0.3 is 0 Å². The highest BCUT2D eigenvalue weighted by atomic mass is 127. The molecular weight excluding hydrogens is 447 g/mol. The SMILES string of the molecule is CN=C(NCCc1c[nH]c2ccccc12)NCc1ccc(Cl)cc1.I. The van der Waals surface area contributed by atoms with Gasteiger partial charge in [0, 0.05) is 42.3 Å². The third-order valence-electron chi connectivity index (χ3n) is 3.96. The number of aromatic amines is 1. The minimum absolute atomic E-state index is 0. The minimum atomic E-state index is 0. The molecule has 0 radical (unpaired) electrons. The van der Waals surface area contributed by atoms with Gasteiger partial charge in [0.15, 0.2) is 5.96 Å². The topological polar surface area (TPSA) is 52.2 Å². The molecule has 0 aliphatic heterocycles. The van der Waals surface area contributed by atoms with Gasteiger partial charge < -0.3 is 15.6 Å². The van der Waals surface area contributed by atoms with Crippen LogP contribution in [-0.4, -0.2) is 24.5 Å². The van der Waals surface area contributed by atoms with E-state index in [1.807, 2.05) is 30.3 Å². The van der Waals surface area contributed by atoms with E-state index >= 15 is 0 Å². The lowest BCUT2D eigenvalue weighted by Crippen LogP contribution is -2.37. The first-order chi connectivity index (χ1) is 11.8. The fourth-order valence-electron chi connectivity index (χ4n) is 2.66. The second-order valence-electron chi connectivity index (χ2n) is 5.59. The Hall–Kier alpha value is -1.73. The van der Waals surface area contributed by atoms with Gasteiger partial charge in [0.1, 0.15) is 0 Å². The standard InChI is InChI=1S/C19H21ClN4.HI/c1-21-19(24-12-14-6-8-16(20)9-7-14)22-11-10-15-13-23-18-5-3-2-4-17(15)18;/h2-9,13,23H,10-12H2,1H3,(H2,21,22,24);1H. The molecule has 0 aliphatic carbocycles. The van der Waals surface area contributed by atoms with Crippen molar-refractivity contribution in [2.24, 2.45) is 4.99 Å². The van der Waals surface area contributed by atoms with E-state index in [2.05, 4.69) is 45.0 Å². The molecule has 0 saturated heterocycles. The first kappa shape index (κ1) is 19.6. The highest BCUT2D eigenvalue weighted by Crippen LogP contribution is 2.17. The zero-order chi connectivity index (χ0) is 16.8. The van der Waals surface area contributed by atoms with E-state index in [0.717, 1.165) is 23.9 Å². The summed E-state index contributed by atoms with van der Waals surface area (Å²) in [5, 5.41) is 8.69. The maximum atomic E-state index is 5.90. The average molecular weight is 469 g/mol. The second-order valence-corrected chi connectivity index (χ2v) is 6.02. The largest absolute Gasteiger partial charge is 0.361 e. The van der Waals surface area contributed by atoms with Crippen LogP contribution in [0, 0.1) is 0 Å². The number of aromatic nitrogens is 1. The quantitative estimate of drug-likeness (QED) is 0.296. The number of fused-ring (bicyclic) bond motifs is 1. The zero-order valence-electron chi connectivity index (χ0n) is 14.1. The molecule has 4 nitrogen and oxygen atoms in total. The van der Waals surface area contributed by atoms with Crippen LogP contribution in [0.25, 0.3) is 10.9 Å². The summed E-state index contributed by atoms with van der Waals surface area (Å²) in [6.45, 7) is 1.53. The Morgan fingerprint density at radius 1 is 1.08 bits per heavy atom. The van der Waals surface area contributed by atoms with Gasteiger partial charge in [0.2, 0.25) is 0 Å². The van der Waals surface area contributed by atoms with Crippen LogP contribution in [0.2, 0.25) is 5.02 Å².